The van der Waals surface area contributed by atoms with E-state index in [-0.39, 0.29) is 22.9 Å². The molecule has 13 heteroatoms. The highest BCUT2D eigenvalue weighted by Gasteiger charge is 2.33. The molecule has 2 aliphatic rings. The Labute approximate surface area is 256 Å². The van der Waals surface area contributed by atoms with Gasteiger partial charge in [-0.15, -0.1) is 0 Å². The molecule has 0 saturated carbocycles. The lowest BCUT2D eigenvalue weighted by Crippen LogP contribution is -2.38. The van der Waals surface area contributed by atoms with Crippen LogP contribution in [0, 0.1) is 0 Å². The molecule has 1 amide bonds. The number of thiocarbonyl (C=S) groups is 1. The number of alkyl halides is 3. The van der Waals surface area contributed by atoms with Gasteiger partial charge in [0.1, 0.15) is 16.7 Å². The first-order valence-electron chi connectivity index (χ1n) is 13.4. The average Bonchev–Trinajstić information content (AvgIpc) is 3.21. The third kappa shape index (κ3) is 8.70. The number of carbonyl (C=O) groups excluding carboxylic acids is 1. The van der Waals surface area contributed by atoms with Gasteiger partial charge in [0.05, 0.1) is 23.7 Å². The second-order valence-corrected chi connectivity index (χ2v) is 11.9. The highest BCUT2D eigenvalue weighted by Crippen LogP contribution is 2.39. The van der Waals surface area contributed by atoms with Crippen LogP contribution in [-0.2, 0) is 20.5 Å². The summed E-state index contributed by atoms with van der Waals surface area (Å²) in [5.41, 5.74) is 0.324. The predicted molar refractivity (Wildman–Crippen MR) is 161 cm³/mol. The first-order valence-corrected chi connectivity index (χ1v) is 15.0. The Hall–Kier alpha value is -2.64. The van der Waals surface area contributed by atoms with Crippen molar-refractivity contribution in [1.82, 2.24) is 9.80 Å². The van der Waals surface area contributed by atoms with Gasteiger partial charge in [-0.25, -0.2) is 0 Å². The first-order chi connectivity index (χ1) is 20.0. The zero-order valence-electron chi connectivity index (χ0n) is 22.6. The average molecular weight is 643 g/mol. The van der Waals surface area contributed by atoms with E-state index in [1.807, 2.05) is 0 Å². The van der Waals surface area contributed by atoms with E-state index in [4.69, 9.17) is 38.4 Å². The van der Waals surface area contributed by atoms with Gasteiger partial charge in [-0.05, 0) is 54.8 Å². The molecule has 0 radical (unpaired) electrons. The molecular weight excluding hydrogens is 613 g/mol. The molecule has 4 rings (SSSR count). The largest absolute Gasteiger partial charge is 0.492 e. The molecule has 226 valence electrons. The first kappa shape index (κ1) is 32.3. The Balaban J connectivity index is 1.58. The number of unbranched alkanes of at least 4 members (excludes halogenated alkanes) is 2. The van der Waals surface area contributed by atoms with E-state index in [1.165, 1.54) is 11.0 Å². The Kier molecular flexibility index (Phi) is 11.3. The van der Waals surface area contributed by atoms with Gasteiger partial charge >= 0.3 is 12.1 Å². The van der Waals surface area contributed by atoms with Gasteiger partial charge in [-0.1, -0.05) is 48.1 Å². The highest BCUT2D eigenvalue weighted by atomic mass is 35.5. The minimum absolute atomic E-state index is 0.0683. The Morgan fingerprint density at radius 1 is 1.12 bits per heavy atom. The molecule has 2 fully saturated rings. The minimum atomic E-state index is -4.54. The van der Waals surface area contributed by atoms with Crippen molar-refractivity contribution in [1.29, 1.82) is 0 Å². The minimum Gasteiger partial charge on any atom is -0.492 e. The fourth-order valence-corrected chi connectivity index (χ4v) is 6.08. The Morgan fingerprint density at radius 3 is 2.60 bits per heavy atom. The lowest BCUT2D eigenvalue weighted by molar-refractivity contribution is -0.138. The molecule has 0 aliphatic carbocycles. The van der Waals surface area contributed by atoms with Crippen molar-refractivity contribution in [3.05, 3.63) is 57.5 Å². The van der Waals surface area contributed by atoms with Gasteiger partial charge < -0.3 is 14.6 Å². The number of halogens is 4. The molecule has 7 nitrogen and oxygen atoms in total. The summed E-state index contributed by atoms with van der Waals surface area (Å²) in [4.78, 5) is 28.0. The van der Waals surface area contributed by atoms with Crippen molar-refractivity contribution in [2.45, 2.75) is 31.9 Å². The molecule has 2 aliphatic heterocycles. The summed E-state index contributed by atoms with van der Waals surface area (Å²) in [6, 6.07) is 8.12. The summed E-state index contributed by atoms with van der Waals surface area (Å²) < 4.78 is 52.2. The topological polar surface area (TPSA) is 79.3 Å². The molecule has 0 unspecified atom stereocenters. The van der Waals surface area contributed by atoms with Crippen molar-refractivity contribution in [2.75, 3.05) is 46.0 Å². The zero-order chi connectivity index (χ0) is 30.3. The van der Waals surface area contributed by atoms with Crippen LogP contribution in [0.15, 0.2) is 41.3 Å². The van der Waals surface area contributed by atoms with Crippen LogP contribution < -0.4 is 4.74 Å². The number of amides is 1. The number of carbonyl (C=O) groups is 2. The number of carboxylic acids is 1. The van der Waals surface area contributed by atoms with Gasteiger partial charge in [0.15, 0.2) is 0 Å². The van der Waals surface area contributed by atoms with E-state index in [2.05, 4.69) is 4.90 Å². The summed E-state index contributed by atoms with van der Waals surface area (Å²) in [5.74, 6) is -0.681. The maximum absolute atomic E-state index is 13.4. The standard InChI is InChI=1S/C29H30ClF3N2O5S2/c30-23-7-6-21(29(31,32)33)18-22(23)19-5-8-24(40-15-12-34-10-13-39-14-11-34)20(16-19)17-25-27(38)35(28(41)42-25)9-3-1-2-4-26(36)37/h5-8,16-18H,1-4,9-15H2,(H,36,37). The lowest BCUT2D eigenvalue weighted by Gasteiger charge is -2.26. The molecule has 0 spiro atoms. The second-order valence-electron chi connectivity index (χ2n) is 9.79. The molecule has 2 saturated heterocycles. The van der Waals surface area contributed by atoms with Crippen LogP contribution >= 0.6 is 35.6 Å². The number of carboxylic acid groups (broad SMARTS) is 1. The van der Waals surface area contributed by atoms with E-state index >= 15 is 0 Å². The van der Waals surface area contributed by atoms with E-state index in [0.717, 1.165) is 37.0 Å². The lowest BCUT2D eigenvalue weighted by atomic mass is 9.99. The molecular formula is C29H30ClF3N2O5S2. The van der Waals surface area contributed by atoms with Gasteiger partial charge in [0.2, 0.25) is 0 Å². The van der Waals surface area contributed by atoms with Crippen LogP contribution in [0.5, 0.6) is 5.75 Å². The quantitative estimate of drug-likeness (QED) is 0.158. The molecule has 42 heavy (non-hydrogen) atoms. The summed E-state index contributed by atoms with van der Waals surface area (Å²) >= 11 is 12.9. The third-order valence-electron chi connectivity index (χ3n) is 6.82. The van der Waals surface area contributed by atoms with Crippen LogP contribution in [0.1, 0.15) is 36.8 Å². The Morgan fingerprint density at radius 2 is 1.88 bits per heavy atom. The van der Waals surface area contributed by atoms with Gasteiger partial charge in [0.25, 0.3) is 5.91 Å². The van der Waals surface area contributed by atoms with Crippen LogP contribution in [0.2, 0.25) is 5.02 Å². The summed E-state index contributed by atoms with van der Waals surface area (Å²) in [7, 11) is 0. The van der Waals surface area contributed by atoms with Crippen LogP contribution in [0.4, 0.5) is 13.2 Å². The third-order valence-corrected chi connectivity index (χ3v) is 8.52. The van der Waals surface area contributed by atoms with Crippen LogP contribution in [0.25, 0.3) is 17.2 Å². The summed E-state index contributed by atoms with van der Waals surface area (Å²) in [6.45, 7) is 4.28. The molecule has 2 heterocycles. The summed E-state index contributed by atoms with van der Waals surface area (Å²) in [6.07, 6.45) is -1.07. The number of aliphatic carboxylic acids is 1. The normalized spacial score (nSPS) is 17.3. The molecule has 2 aromatic carbocycles. The van der Waals surface area contributed by atoms with Crippen molar-refractivity contribution in [2.24, 2.45) is 0 Å². The maximum Gasteiger partial charge on any atom is 0.416 e. The van der Waals surface area contributed by atoms with Crippen molar-refractivity contribution in [3.8, 4) is 16.9 Å². The fourth-order valence-electron chi connectivity index (χ4n) is 4.55. The smallest absolute Gasteiger partial charge is 0.416 e. The zero-order valence-corrected chi connectivity index (χ0v) is 25.0. The van der Waals surface area contributed by atoms with Gasteiger partial charge in [-0.2, -0.15) is 13.2 Å². The summed E-state index contributed by atoms with van der Waals surface area (Å²) in [5, 5.41) is 8.97. The monoisotopic (exact) mass is 642 g/mol. The molecule has 1 N–H and O–H groups in total. The van der Waals surface area contributed by atoms with Gasteiger partial charge in [0, 0.05) is 48.7 Å². The number of benzene rings is 2. The van der Waals surface area contributed by atoms with Gasteiger partial charge in [-0.3, -0.25) is 19.4 Å². The Bertz CT molecular complexity index is 1350. The van der Waals surface area contributed by atoms with E-state index in [0.29, 0.717) is 78.3 Å². The number of hydrogen-bond acceptors (Lipinski definition) is 7. The number of thioether (sulfide) groups is 1. The van der Waals surface area contributed by atoms with Crippen molar-refractivity contribution >= 4 is 57.9 Å². The van der Waals surface area contributed by atoms with E-state index < -0.39 is 17.7 Å². The van der Waals surface area contributed by atoms with Crippen LogP contribution in [-0.4, -0.2) is 77.1 Å². The number of nitrogens with zero attached hydrogens (tertiary/aromatic N) is 2. The number of ether oxygens (including phenoxy) is 2. The van der Waals surface area contributed by atoms with Crippen molar-refractivity contribution < 1.29 is 37.3 Å². The highest BCUT2D eigenvalue weighted by molar-refractivity contribution is 8.26. The molecule has 0 bridgehead atoms. The van der Waals surface area contributed by atoms with E-state index in [9.17, 15) is 22.8 Å². The maximum atomic E-state index is 13.4. The number of hydrogen-bond donors (Lipinski definition) is 1. The fraction of sp³-hybridized carbons (Fsp3) is 0.414. The second kappa shape index (κ2) is 14.7. The van der Waals surface area contributed by atoms with Crippen LogP contribution in [0.3, 0.4) is 0 Å². The number of rotatable bonds is 12. The predicted octanol–water partition coefficient (Wildman–Crippen LogP) is 6.58. The number of morpholine rings is 1. The van der Waals surface area contributed by atoms with Crippen molar-refractivity contribution in [3.63, 3.8) is 0 Å². The molecule has 0 atom stereocenters. The molecule has 0 aromatic heterocycles. The SMILES string of the molecule is O=C(O)CCCCCN1C(=O)C(=Cc2cc(-c3cc(C(F)(F)F)ccc3Cl)ccc2OCCN2CCOCC2)SC1=S. The van der Waals surface area contributed by atoms with E-state index in [1.54, 1.807) is 24.3 Å². The molecule has 2 aromatic rings.